The quantitative estimate of drug-likeness (QED) is 0.592. The van der Waals surface area contributed by atoms with Crippen LogP contribution in [0, 0.1) is 5.92 Å². The van der Waals surface area contributed by atoms with Gasteiger partial charge >= 0.3 is 5.97 Å². The summed E-state index contributed by atoms with van der Waals surface area (Å²) in [5.41, 5.74) is 2.13. The third-order valence-electron chi connectivity index (χ3n) is 2.87. The number of benzene rings is 1. The Morgan fingerprint density at radius 1 is 1.22 bits per heavy atom. The van der Waals surface area contributed by atoms with Crippen LogP contribution in [0.1, 0.15) is 25.8 Å². The van der Waals surface area contributed by atoms with E-state index in [1.807, 2.05) is 43.3 Å². The molecule has 0 saturated heterocycles. The summed E-state index contributed by atoms with van der Waals surface area (Å²) in [6.07, 6.45) is 2.28. The van der Waals surface area contributed by atoms with Crippen molar-refractivity contribution in [2.45, 2.75) is 20.3 Å². The molecule has 0 spiro atoms. The van der Waals surface area contributed by atoms with E-state index in [2.05, 4.69) is 4.74 Å². The Labute approximate surface area is 107 Å². The molecule has 0 fully saturated rings. The van der Waals surface area contributed by atoms with Gasteiger partial charge < -0.3 is 4.74 Å². The predicted octanol–water partition coefficient (Wildman–Crippen LogP) is 2.86. The van der Waals surface area contributed by atoms with Crippen molar-refractivity contribution in [1.29, 1.82) is 0 Å². The van der Waals surface area contributed by atoms with Gasteiger partial charge in [-0.1, -0.05) is 36.4 Å². The molecule has 0 bridgehead atoms. The van der Waals surface area contributed by atoms with Crippen LogP contribution in [0.25, 0.3) is 5.57 Å². The third-order valence-corrected chi connectivity index (χ3v) is 2.87. The Morgan fingerprint density at radius 2 is 1.83 bits per heavy atom. The van der Waals surface area contributed by atoms with Gasteiger partial charge in [-0.05, 0) is 31.4 Å². The van der Waals surface area contributed by atoms with Crippen molar-refractivity contribution in [3.63, 3.8) is 0 Å². The highest BCUT2D eigenvalue weighted by Gasteiger charge is 2.22. The molecule has 0 aliphatic rings. The highest BCUT2D eigenvalue weighted by atomic mass is 16.5. The summed E-state index contributed by atoms with van der Waals surface area (Å²) in [6.45, 7) is 3.37. The number of ether oxygens (including phenoxy) is 1. The van der Waals surface area contributed by atoms with Gasteiger partial charge in [-0.2, -0.15) is 0 Å². The van der Waals surface area contributed by atoms with E-state index in [1.165, 1.54) is 14.0 Å². The Bertz CT molecular complexity index is 446. The lowest BCUT2D eigenvalue weighted by Crippen LogP contribution is -2.22. The molecule has 0 saturated carbocycles. The number of hydrogen-bond donors (Lipinski definition) is 0. The first kappa shape index (κ1) is 14.2. The Hall–Kier alpha value is -1.90. The van der Waals surface area contributed by atoms with Gasteiger partial charge in [-0.15, -0.1) is 0 Å². The largest absolute Gasteiger partial charge is 0.468 e. The molecule has 0 amide bonds. The molecule has 96 valence electrons. The van der Waals surface area contributed by atoms with E-state index in [0.717, 1.165) is 11.1 Å². The molecule has 0 unspecified atom stereocenters. The van der Waals surface area contributed by atoms with E-state index in [0.29, 0.717) is 6.42 Å². The zero-order valence-corrected chi connectivity index (χ0v) is 11.0. The first-order chi connectivity index (χ1) is 8.56. The second-order valence-electron chi connectivity index (χ2n) is 4.18. The monoisotopic (exact) mass is 246 g/mol. The van der Waals surface area contributed by atoms with Gasteiger partial charge in [0.15, 0.2) is 0 Å². The van der Waals surface area contributed by atoms with E-state index in [-0.39, 0.29) is 5.78 Å². The van der Waals surface area contributed by atoms with E-state index < -0.39 is 11.9 Å². The summed E-state index contributed by atoms with van der Waals surface area (Å²) < 4.78 is 4.62. The van der Waals surface area contributed by atoms with Crippen LogP contribution in [0.4, 0.5) is 0 Å². The standard InChI is InChI=1S/C15H18O3/c1-11(13-7-5-4-6-8-13)9-10-14(12(2)16)15(17)18-3/h4-9,14H,10H2,1-3H3/b11-9-/t14-/m0/s1. The summed E-state index contributed by atoms with van der Waals surface area (Å²) >= 11 is 0. The maximum atomic E-state index is 11.4. The average Bonchev–Trinajstić information content (AvgIpc) is 2.39. The zero-order chi connectivity index (χ0) is 13.5. The second kappa shape index (κ2) is 6.74. The van der Waals surface area contributed by atoms with E-state index in [1.54, 1.807) is 0 Å². The highest BCUT2D eigenvalue weighted by Crippen LogP contribution is 2.17. The lowest BCUT2D eigenvalue weighted by Gasteiger charge is -2.09. The van der Waals surface area contributed by atoms with Gasteiger partial charge in [-0.3, -0.25) is 9.59 Å². The van der Waals surface area contributed by atoms with E-state index in [9.17, 15) is 9.59 Å². The number of Topliss-reactive ketones (excluding diaryl/α,β-unsaturated/α-hetero) is 1. The molecule has 0 aliphatic heterocycles. The van der Waals surface area contributed by atoms with Crippen molar-refractivity contribution in [1.82, 2.24) is 0 Å². The lowest BCUT2D eigenvalue weighted by atomic mass is 9.98. The minimum absolute atomic E-state index is 0.168. The number of allylic oxidation sites excluding steroid dienone is 2. The van der Waals surface area contributed by atoms with Crippen LogP contribution in [-0.2, 0) is 14.3 Å². The van der Waals surface area contributed by atoms with Gasteiger partial charge in [-0.25, -0.2) is 0 Å². The van der Waals surface area contributed by atoms with Crippen LogP contribution in [0.3, 0.4) is 0 Å². The first-order valence-corrected chi connectivity index (χ1v) is 5.86. The molecule has 1 aromatic carbocycles. The van der Waals surface area contributed by atoms with Crippen LogP contribution < -0.4 is 0 Å². The van der Waals surface area contributed by atoms with Crippen LogP contribution in [-0.4, -0.2) is 18.9 Å². The molecular formula is C15H18O3. The third kappa shape index (κ3) is 3.84. The van der Waals surface area contributed by atoms with Gasteiger partial charge in [0.2, 0.25) is 0 Å². The molecule has 0 radical (unpaired) electrons. The number of ketones is 1. The fourth-order valence-corrected chi connectivity index (χ4v) is 1.68. The molecule has 0 aromatic heterocycles. The second-order valence-corrected chi connectivity index (χ2v) is 4.18. The SMILES string of the molecule is COC(=O)[C@@H](C/C=C(/C)c1ccccc1)C(C)=O. The highest BCUT2D eigenvalue weighted by molar-refractivity contribution is 5.98. The Kier molecular flexibility index (Phi) is 5.31. The van der Waals surface area contributed by atoms with Crippen molar-refractivity contribution in [2.24, 2.45) is 5.92 Å². The summed E-state index contributed by atoms with van der Waals surface area (Å²) in [5, 5.41) is 0. The summed E-state index contributed by atoms with van der Waals surface area (Å²) in [4.78, 5) is 22.8. The zero-order valence-electron chi connectivity index (χ0n) is 11.0. The van der Waals surface area contributed by atoms with Gasteiger partial charge in [0.1, 0.15) is 11.7 Å². The van der Waals surface area contributed by atoms with Crippen molar-refractivity contribution >= 4 is 17.3 Å². The summed E-state index contributed by atoms with van der Waals surface area (Å²) in [6, 6.07) is 9.84. The summed E-state index contributed by atoms with van der Waals surface area (Å²) in [7, 11) is 1.30. The minimum Gasteiger partial charge on any atom is -0.468 e. The lowest BCUT2D eigenvalue weighted by molar-refractivity contribution is -0.148. The molecule has 1 atom stereocenters. The molecular weight excluding hydrogens is 228 g/mol. The number of esters is 1. The molecule has 3 nitrogen and oxygen atoms in total. The smallest absolute Gasteiger partial charge is 0.316 e. The number of methoxy groups -OCH3 is 1. The molecule has 0 heterocycles. The molecule has 1 rings (SSSR count). The van der Waals surface area contributed by atoms with Crippen molar-refractivity contribution in [2.75, 3.05) is 7.11 Å². The van der Waals surface area contributed by atoms with Crippen molar-refractivity contribution < 1.29 is 14.3 Å². The number of hydrogen-bond acceptors (Lipinski definition) is 3. The Balaban J connectivity index is 2.78. The van der Waals surface area contributed by atoms with Gasteiger partial charge in [0, 0.05) is 0 Å². The number of rotatable bonds is 5. The number of carbonyl (C=O) groups is 2. The van der Waals surface area contributed by atoms with Crippen molar-refractivity contribution in [3.05, 3.63) is 42.0 Å². The molecule has 1 aromatic rings. The fraction of sp³-hybridized carbons (Fsp3) is 0.333. The van der Waals surface area contributed by atoms with E-state index in [4.69, 9.17) is 0 Å². The van der Waals surface area contributed by atoms with Crippen LogP contribution in [0.2, 0.25) is 0 Å². The van der Waals surface area contributed by atoms with Crippen LogP contribution in [0.5, 0.6) is 0 Å². The summed E-state index contributed by atoms with van der Waals surface area (Å²) in [5.74, 6) is -1.34. The Morgan fingerprint density at radius 3 is 2.33 bits per heavy atom. The maximum Gasteiger partial charge on any atom is 0.316 e. The molecule has 0 aliphatic carbocycles. The molecule has 18 heavy (non-hydrogen) atoms. The number of carbonyl (C=O) groups excluding carboxylic acids is 2. The van der Waals surface area contributed by atoms with Crippen LogP contribution in [0.15, 0.2) is 36.4 Å². The van der Waals surface area contributed by atoms with Crippen molar-refractivity contribution in [3.8, 4) is 0 Å². The predicted molar refractivity (Wildman–Crippen MR) is 70.9 cm³/mol. The van der Waals surface area contributed by atoms with E-state index >= 15 is 0 Å². The van der Waals surface area contributed by atoms with Crippen LogP contribution >= 0.6 is 0 Å². The normalized spacial score (nSPS) is 12.9. The maximum absolute atomic E-state index is 11.4. The van der Waals surface area contributed by atoms with Gasteiger partial charge in [0.25, 0.3) is 0 Å². The average molecular weight is 246 g/mol. The molecule has 0 N–H and O–H groups in total. The topological polar surface area (TPSA) is 43.4 Å². The van der Waals surface area contributed by atoms with Gasteiger partial charge in [0.05, 0.1) is 7.11 Å². The molecule has 3 heteroatoms. The fourth-order valence-electron chi connectivity index (χ4n) is 1.68. The minimum atomic E-state index is -0.700. The first-order valence-electron chi connectivity index (χ1n) is 5.86.